The van der Waals surface area contributed by atoms with Crippen LogP contribution >= 0.6 is 11.8 Å². The number of carbonyl (C=O) groups is 3. The largest absolute Gasteiger partial charge is 0.460 e. The number of thioether (sulfide) groups is 1. The molecule has 0 radical (unpaired) electrons. The van der Waals surface area contributed by atoms with Gasteiger partial charge in [0.1, 0.15) is 0 Å². The molecule has 8 nitrogen and oxygen atoms in total. The van der Waals surface area contributed by atoms with Crippen LogP contribution in [0.15, 0.2) is 47.4 Å². The van der Waals surface area contributed by atoms with Gasteiger partial charge in [0.25, 0.3) is 5.69 Å². The van der Waals surface area contributed by atoms with E-state index in [2.05, 4.69) is 0 Å². The zero-order valence-electron chi connectivity index (χ0n) is 16.0. The number of nitro groups is 1. The van der Waals surface area contributed by atoms with Gasteiger partial charge < -0.3 is 9.47 Å². The lowest BCUT2D eigenvalue weighted by Gasteiger charge is -2.11. The zero-order chi connectivity index (χ0) is 21.6. The summed E-state index contributed by atoms with van der Waals surface area (Å²) in [7, 11) is 0. The van der Waals surface area contributed by atoms with Crippen molar-refractivity contribution >= 4 is 35.2 Å². The molecule has 0 unspecified atom stereocenters. The third kappa shape index (κ3) is 5.64. The predicted molar refractivity (Wildman–Crippen MR) is 106 cm³/mol. The average molecular weight is 417 g/mol. The summed E-state index contributed by atoms with van der Waals surface area (Å²) in [5.74, 6) is -2.15. The lowest BCUT2D eigenvalue weighted by molar-refractivity contribution is -0.387. The normalized spacial score (nSPS) is 10.5. The van der Waals surface area contributed by atoms with Crippen LogP contribution < -0.4 is 0 Å². The molecule has 0 bridgehead atoms. The fraction of sp³-hybridized carbons (Fsp3) is 0.250. The maximum atomic E-state index is 12.9. The van der Waals surface area contributed by atoms with E-state index in [1.807, 2.05) is 0 Å². The topological polar surface area (TPSA) is 113 Å². The van der Waals surface area contributed by atoms with Crippen molar-refractivity contribution in [3.05, 3.63) is 69.3 Å². The van der Waals surface area contributed by atoms with Gasteiger partial charge in [-0.3, -0.25) is 14.9 Å². The van der Waals surface area contributed by atoms with Crippen LogP contribution in [0.2, 0.25) is 0 Å². The summed E-state index contributed by atoms with van der Waals surface area (Å²) in [6.45, 7) is 2.73. The molecule has 0 aliphatic carbocycles. The van der Waals surface area contributed by atoms with E-state index in [0.717, 1.165) is 0 Å². The average Bonchev–Trinajstić information content (AvgIpc) is 2.70. The Bertz CT molecular complexity index is 956. The minimum atomic E-state index is -0.870. The molecule has 0 aliphatic rings. The van der Waals surface area contributed by atoms with Crippen molar-refractivity contribution in [2.75, 3.05) is 12.9 Å². The Morgan fingerprint density at radius 1 is 1.10 bits per heavy atom. The molecule has 0 saturated heterocycles. The van der Waals surface area contributed by atoms with Gasteiger partial charge in [-0.25, -0.2) is 9.59 Å². The highest BCUT2D eigenvalue weighted by Gasteiger charge is 2.23. The Labute approximate surface area is 171 Å². The Hall–Kier alpha value is -3.20. The van der Waals surface area contributed by atoms with Crippen molar-refractivity contribution in [3.8, 4) is 0 Å². The van der Waals surface area contributed by atoms with E-state index < -0.39 is 29.3 Å². The number of carbonyl (C=O) groups excluding carboxylic acids is 3. The molecule has 152 valence electrons. The van der Waals surface area contributed by atoms with Crippen LogP contribution in [0.4, 0.5) is 5.69 Å². The lowest BCUT2D eigenvalue weighted by atomic mass is 9.98. The first-order chi connectivity index (χ1) is 13.7. The van der Waals surface area contributed by atoms with Gasteiger partial charge in [0, 0.05) is 17.2 Å². The fourth-order valence-electron chi connectivity index (χ4n) is 2.49. The Morgan fingerprint density at radius 3 is 2.34 bits per heavy atom. The predicted octanol–water partition coefficient (Wildman–Crippen LogP) is 3.66. The standard InChI is InChI=1S/C20H19NO7S/c1-12(2)28-18(22)11-27-20(24)15-7-5-4-6-14(15)19(23)13-8-9-17(29-3)16(10-13)21(25)26/h4-10,12H,11H2,1-3H3. The molecular weight excluding hydrogens is 398 g/mol. The van der Waals surface area contributed by atoms with Gasteiger partial charge in [0.15, 0.2) is 12.4 Å². The number of rotatable bonds is 8. The van der Waals surface area contributed by atoms with Crippen LogP contribution in [0.5, 0.6) is 0 Å². The molecule has 2 aromatic rings. The molecule has 0 N–H and O–H groups in total. The van der Waals surface area contributed by atoms with Gasteiger partial charge >= 0.3 is 11.9 Å². The van der Waals surface area contributed by atoms with Crippen LogP contribution in [0.1, 0.15) is 40.1 Å². The smallest absolute Gasteiger partial charge is 0.344 e. The minimum absolute atomic E-state index is 0.0147. The van der Waals surface area contributed by atoms with Crippen LogP contribution in [-0.4, -0.2) is 41.6 Å². The molecule has 29 heavy (non-hydrogen) atoms. The van der Waals surface area contributed by atoms with Gasteiger partial charge in [-0.15, -0.1) is 11.8 Å². The first-order valence-electron chi connectivity index (χ1n) is 8.57. The van der Waals surface area contributed by atoms with Crippen molar-refractivity contribution < 1.29 is 28.8 Å². The van der Waals surface area contributed by atoms with E-state index in [0.29, 0.717) is 4.90 Å². The summed E-state index contributed by atoms with van der Waals surface area (Å²) in [6.07, 6.45) is 1.34. The molecule has 0 aliphatic heterocycles. The lowest BCUT2D eigenvalue weighted by Crippen LogP contribution is -2.20. The van der Waals surface area contributed by atoms with E-state index in [-0.39, 0.29) is 28.5 Å². The highest BCUT2D eigenvalue weighted by Crippen LogP contribution is 2.29. The molecule has 0 saturated carbocycles. The Kier molecular flexibility index (Phi) is 7.49. The minimum Gasteiger partial charge on any atom is -0.460 e. The molecule has 0 fully saturated rings. The highest BCUT2D eigenvalue weighted by atomic mass is 32.2. The van der Waals surface area contributed by atoms with E-state index in [4.69, 9.17) is 9.47 Å². The van der Waals surface area contributed by atoms with E-state index in [9.17, 15) is 24.5 Å². The number of esters is 2. The van der Waals surface area contributed by atoms with Crippen molar-refractivity contribution in [2.24, 2.45) is 0 Å². The molecule has 2 rings (SSSR count). The summed E-state index contributed by atoms with van der Waals surface area (Å²) in [5.41, 5.74) is -0.166. The summed E-state index contributed by atoms with van der Waals surface area (Å²) >= 11 is 1.19. The van der Waals surface area contributed by atoms with E-state index in [1.54, 1.807) is 32.2 Å². The number of ketones is 1. The molecular formula is C20H19NO7S. The third-order valence-corrected chi connectivity index (χ3v) is 4.50. The van der Waals surface area contributed by atoms with Gasteiger partial charge in [0.2, 0.25) is 0 Å². The second-order valence-corrected chi connectivity index (χ2v) is 6.98. The SMILES string of the molecule is CSc1ccc(C(=O)c2ccccc2C(=O)OCC(=O)OC(C)C)cc1[N+](=O)[O-]. The quantitative estimate of drug-likeness (QED) is 0.210. The maximum absolute atomic E-state index is 12.9. The first-order valence-corrected chi connectivity index (χ1v) is 9.79. The van der Waals surface area contributed by atoms with Crippen molar-refractivity contribution in [1.82, 2.24) is 0 Å². The van der Waals surface area contributed by atoms with Gasteiger partial charge in [-0.05, 0) is 38.3 Å². The molecule has 0 atom stereocenters. The van der Waals surface area contributed by atoms with Crippen molar-refractivity contribution in [2.45, 2.75) is 24.8 Å². The second kappa shape index (κ2) is 9.83. The molecule has 0 heterocycles. The maximum Gasteiger partial charge on any atom is 0.344 e. The first kappa shape index (κ1) is 22.1. The van der Waals surface area contributed by atoms with Crippen molar-refractivity contribution in [1.29, 1.82) is 0 Å². The summed E-state index contributed by atoms with van der Waals surface area (Å²) in [5, 5.41) is 11.3. The molecule has 2 aromatic carbocycles. The van der Waals surface area contributed by atoms with Crippen LogP contribution in [0.25, 0.3) is 0 Å². The molecule has 0 aromatic heterocycles. The summed E-state index contributed by atoms with van der Waals surface area (Å²) in [4.78, 5) is 47.9. The number of ether oxygens (including phenoxy) is 2. The van der Waals surface area contributed by atoms with Crippen LogP contribution in [-0.2, 0) is 14.3 Å². The second-order valence-electron chi connectivity index (χ2n) is 6.13. The molecule has 9 heteroatoms. The molecule has 0 amide bonds. The number of nitro benzene ring substituents is 1. The number of hydrogen-bond acceptors (Lipinski definition) is 8. The third-order valence-electron chi connectivity index (χ3n) is 3.72. The Balaban J connectivity index is 2.29. The van der Waals surface area contributed by atoms with Crippen molar-refractivity contribution in [3.63, 3.8) is 0 Å². The summed E-state index contributed by atoms with van der Waals surface area (Å²) < 4.78 is 9.83. The molecule has 0 spiro atoms. The van der Waals surface area contributed by atoms with Gasteiger partial charge in [0.05, 0.1) is 21.5 Å². The van der Waals surface area contributed by atoms with Crippen LogP contribution in [0.3, 0.4) is 0 Å². The fourth-order valence-corrected chi connectivity index (χ4v) is 3.03. The number of nitrogens with zero attached hydrogens (tertiary/aromatic N) is 1. The van der Waals surface area contributed by atoms with E-state index in [1.165, 1.54) is 42.1 Å². The van der Waals surface area contributed by atoms with E-state index >= 15 is 0 Å². The monoisotopic (exact) mass is 417 g/mol. The number of hydrogen-bond donors (Lipinski definition) is 0. The van der Waals surface area contributed by atoms with Gasteiger partial charge in [-0.2, -0.15) is 0 Å². The number of benzene rings is 2. The Morgan fingerprint density at radius 2 is 1.76 bits per heavy atom. The van der Waals surface area contributed by atoms with Crippen LogP contribution in [0, 0.1) is 10.1 Å². The van der Waals surface area contributed by atoms with Gasteiger partial charge in [-0.1, -0.05) is 18.2 Å². The highest BCUT2D eigenvalue weighted by molar-refractivity contribution is 7.98. The zero-order valence-corrected chi connectivity index (χ0v) is 16.9. The summed E-state index contributed by atoms with van der Waals surface area (Å²) in [6, 6.07) is 10.0.